The molecule has 3 aromatic rings. The molecule has 9 nitrogen and oxygen atoms in total. The molecule has 1 aliphatic heterocycles. The SMILES string of the molecule is COc1ccc(S(=O)(=O)Nc2cccc(-c3nnc4n3CCC4)c2)cc1NC(C)=O. The van der Waals surface area contributed by atoms with E-state index in [1.54, 1.807) is 18.2 Å². The Labute approximate surface area is 174 Å². The van der Waals surface area contributed by atoms with E-state index in [-0.39, 0.29) is 16.5 Å². The van der Waals surface area contributed by atoms with Crippen molar-refractivity contribution >= 4 is 27.3 Å². The third kappa shape index (κ3) is 3.86. The van der Waals surface area contributed by atoms with Gasteiger partial charge in [-0.05, 0) is 36.8 Å². The molecule has 2 heterocycles. The average molecular weight is 427 g/mol. The van der Waals surface area contributed by atoms with Crippen molar-refractivity contribution in [3.8, 4) is 17.1 Å². The second kappa shape index (κ2) is 7.79. The van der Waals surface area contributed by atoms with Crippen LogP contribution in [0.2, 0.25) is 0 Å². The van der Waals surface area contributed by atoms with Gasteiger partial charge in [-0.1, -0.05) is 12.1 Å². The predicted molar refractivity (Wildman–Crippen MR) is 112 cm³/mol. The number of ether oxygens (including phenoxy) is 1. The van der Waals surface area contributed by atoms with Crippen LogP contribution in [0.15, 0.2) is 47.4 Å². The van der Waals surface area contributed by atoms with Crippen LogP contribution in [0.1, 0.15) is 19.2 Å². The highest BCUT2D eigenvalue weighted by atomic mass is 32.2. The van der Waals surface area contributed by atoms with Gasteiger partial charge in [-0.15, -0.1) is 10.2 Å². The van der Waals surface area contributed by atoms with E-state index in [9.17, 15) is 13.2 Å². The van der Waals surface area contributed by atoms with Gasteiger partial charge in [0.15, 0.2) is 5.82 Å². The second-order valence-electron chi connectivity index (χ2n) is 6.92. The van der Waals surface area contributed by atoms with Crippen LogP contribution in [0.3, 0.4) is 0 Å². The van der Waals surface area contributed by atoms with Gasteiger partial charge in [0.05, 0.1) is 17.7 Å². The Hall–Kier alpha value is -3.40. The normalized spacial score (nSPS) is 13.0. The molecule has 0 aliphatic carbocycles. The van der Waals surface area contributed by atoms with Crippen LogP contribution in [-0.4, -0.2) is 36.2 Å². The lowest BCUT2D eigenvalue weighted by molar-refractivity contribution is -0.114. The van der Waals surface area contributed by atoms with Crippen molar-refractivity contribution in [2.45, 2.75) is 31.2 Å². The smallest absolute Gasteiger partial charge is 0.261 e. The fourth-order valence-corrected chi connectivity index (χ4v) is 4.52. The topological polar surface area (TPSA) is 115 Å². The number of aromatic nitrogens is 3. The van der Waals surface area contributed by atoms with E-state index in [4.69, 9.17) is 4.74 Å². The number of nitrogens with zero attached hydrogens (tertiary/aromatic N) is 3. The summed E-state index contributed by atoms with van der Waals surface area (Å²) in [5.74, 6) is 1.71. The summed E-state index contributed by atoms with van der Waals surface area (Å²) < 4.78 is 35.7. The number of hydrogen-bond acceptors (Lipinski definition) is 6. The zero-order valence-electron chi connectivity index (χ0n) is 16.5. The first-order chi connectivity index (χ1) is 14.4. The minimum absolute atomic E-state index is 0.000762. The van der Waals surface area contributed by atoms with Gasteiger partial charge in [0.25, 0.3) is 10.0 Å². The van der Waals surface area contributed by atoms with Crippen LogP contribution in [0.25, 0.3) is 11.4 Å². The van der Waals surface area contributed by atoms with Gasteiger partial charge in [-0.2, -0.15) is 0 Å². The molecule has 0 saturated heterocycles. The monoisotopic (exact) mass is 427 g/mol. The minimum atomic E-state index is -3.89. The minimum Gasteiger partial charge on any atom is -0.495 e. The summed E-state index contributed by atoms with van der Waals surface area (Å²) in [4.78, 5) is 11.4. The molecule has 2 aromatic carbocycles. The number of anilines is 2. The highest BCUT2D eigenvalue weighted by molar-refractivity contribution is 7.92. The zero-order chi connectivity index (χ0) is 21.3. The summed E-state index contributed by atoms with van der Waals surface area (Å²) in [6.45, 7) is 2.19. The Bertz CT molecular complexity index is 1220. The summed E-state index contributed by atoms with van der Waals surface area (Å²) in [5, 5.41) is 11.0. The number of hydrogen-bond donors (Lipinski definition) is 2. The van der Waals surface area contributed by atoms with Gasteiger partial charge in [0, 0.05) is 31.1 Å². The van der Waals surface area contributed by atoms with E-state index in [1.807, 2.05) is 6.07 Å². The maximum Gasteiger partial charge on any atom is 0.261 e. The van der Waals surface area contributed by atoms with E-state index in [0.717, 1.165) is 36.6 Å². The molecule has 1 aliphatic rings. The first-order valence-corrected chi connectivity index (χ1v) is 10.9. The number of carbonyl (C=O) groups is 1. The Morgan fingerprint density at radius 2 is 2.00 bits per heavy atom. The van der Waals surface area contributed by atoms with Gasteiger partial charge in [0.1, 0.15) is 11.6 Å². The predicted octanol–water partition coefficient (Wildman–Crippen LogP) is 2.66. The van der Waals surface area contributed by atoms with Crippen LogP contribution >= 0.6 is 0 Å². The molecule has 0 saturated carbocycles. The third-order valence-electron chi connectivity index (χ3n) is 4.77. The molecule has 4 rings (SSSR count). The molecule has 1 amide bonds. The molecule has 1 aromatic heterocycles. The van der Waals surface area contributed by atoms with E-state index in [0.29, 0.717) is 11.4 Å². The van der Waals surface area contributed by atoms with Gasteiger partial charge in [-0.25, -0.2) is 8.42 Å². The molecule has 0 unspecified atom stereocenters. The van der Waals surface area contributed by atoms with E-state index >= 15 is 0 Å². The van der Waals surface area contributed by atoms with Crippen molar-refractivity contribution in [1.82, 2.24) is 14.8 Å². The van der Waals surface area contributed by atoms with Gasteiger partial charge >= 0.3 is 0 Å². The molecule has 2 N–H and O–H groups in total. The van der Waals surface area contributed by atoms with Crippen molar-refractivity contribution in [3.05, 3.63) is 48.3 Å². The highest BCUT2D eigenvalue weighted by Crippen LogP contribution is 2.30. The maximum atomic E-state index is 12.9. The summed E-state index contributed by atoms with van der Waals surface area (Å²) in [5.41, 5.74) is 1.46. The summed E-state index contributed by atoms with van der Waals surface area (Å²) >= 11 is 0. The number of carbonyl (C=O) groups excluding carboxylic acids is 1. The average Bonchev–Trinajstić information content (AvgIpc) is 3.31. The largest absolute Gasteiger partial charge is 0.495 e. The fraction of sp³-hybridized carbons (Fsp3) is 0.250. The standard InChI is InChI=1S/C20H21N5O4S/c1-13(26)21-17-12-16(8-9-18(17)29-2)30(27,28)24-15-6-3-5-14(11-15)20-23-22-19-7-4-10-25(19)20/h3,5-6,8-9,11-12,24H,4,7,10H2,1-2H3,(H,21,26). The second-order valence-corrected chi connectivity index (χ2v) is 8.61. The lowest BCUT2D eigenvalue weighted by Crippen LogP contribution is -2.14. The van der Waals surface area contributed by atoms with E-state index < -0.39 is 10.0 Å². The summed E-state index contributed by atoms with van der Waals surface area (Å²) in [6, 6.07) is 11.3. The van der Waals surface area contributed by atoms with Crippen molar-refractivity contribution < 1.29 is 17.9 Å². The van der Waals surface area contributed by atoms with Crippen molar-refractivity contribution in [2.24, 2.45) is 0 Å². The lowest BCUT2D eigenvalue weighted by atomic mass is 10.2. The number of rotatable bonds is 6. The number of methoxy groups -OCH3 is 1. The maximum absolute atomic E-state index is 12.9. The Morgan fingerprint density at radius 1 is 1.17 bits per heavy atom. The molecule has 0 fully saturated rings. The molecular weight excluding hydrogens is 406 g/mol. The molecule has 30 heavy (non-hydrogen) atoms. The van der Waals surface area contributed by atoms with Crippen LogP contribution in [-0.2, 0) is 27.8 Å². The van der Waals surface area contributed by atoms with E-state index in [2.05, 4.69) is 24.8 Å². The molecule has 156 valence electrons. The number of benzene rings is 2. The number of fused-ring (bicyclic) bond motifs is 1. The van der Waals surface area contributed by atoms with Gasteiger partial charge in [-0.3, -0.25) is 9.52 Å². The number of sulfonamides is 1. The Morgan fingerprint density at radius 3 is 2.77 bits per heavy atom. The highest BCUT2D eigenvalue weighted by Gasteiger charge is 2.20. The number of amides is 1. The summed E-state index contributed by atoms with van der Waals surface area (Å²) in [6.07, 6.45) is 1.92. The lowest BCUT2D eigenvalue weighted by Gasteiger charge is -2.13. The first kappa shape index (κ1) is 19.9. The quantitative estimate of drug-likeness (QED) is 0.625. The molecule has 0 spiro atoms. The molecule has 10 heteroatoms. The first-order valence-electron chi connectivity index (χ1n) is 9.38. The molecular formula is C20H21N5O4S. The van der Waals surface area contributed by atoms with Crippen LogP contribution in [0.5, 0.6) is 5.75 Å². The summed E-state index contributed by atoms with van der Waals surface area (Å²) in [7, 11) is -2.45. The van der Waals surface area contributed by atoms with Gasteiger partial charge in [0.2, 0.25) is 5.91 Å². The molecule has 0 bridgehead atoms. The Balaban J connectivity index is 1.63. The van der Waals surface area contributed by atoms with E-state index in [1.165, 1.54) is 32.2 Å². The fourth-order valence-electron chi connectivity index (χ4n) is 3.44. The number of nitrogens with one attached hydrogen (secondary N) is 2. The molecule has 0 atom stereocenters. The van der Waals surface area contributed by atoms with Crippen LogP contribution in [0, 0.1) is 0 Å². The van der Waals surface area contributed by atoms with Crippen LogP contribution < -0.4 is 14.8 Å². The van der Waals surface area contributed by atoms with Gasteiger partial charge < -0.3 is 14.6 Å². The van der Waals surface area contributed by atoms with Crippen molar-refractivity contribution in [2.75, 3.05) is 17.1 Å². The van der Waals surface area contributed by atoms with Crippen LogP contribution in [0.4, 0.5) is 11.4 Å². The Kier molecular flexibility index (Phi) is 5.17. The van der Waals surface area contributed by atoms with Crippen molar-refractivity contribution in [1.29, 1.82) is 0 Å². The zero-order valence-corrected chi connectivity index (χ0v) is 17.4. The van der Waals surface area contributed by atoms with Crippen molar-refractivity contribution in [3.63, 3.8) is 0 Å². The molecule has 0 radical (unpaired) electrons. The third-order valence-corrected chi connectivity index (χ3v) is 6.15. The number of aryl methyl sites for hydroxylation is 1.